The first-order valence-corrected chi connectivity index (χ1v) is 5.42. The molecule has 0 aliphatic carbocycles. The van der Waals surface area contributed by atoms with Crippen molar-refractivity contribution in [3.05, 3.63) is 41.6 Å². The van der Waals surface area contributed by atoms with Gasteiger partial charge in [-0.05, 0) is 43.7 Å². The number of hydrogen-bond acceptors (Lipinski definition) is 2. The second-order valence-electron chi connectivity index (χ2n) is 3.95. The van der Waals surface area contributed by atoms with Gasteiger partial charge in [-0.15, -0.1) is 0 Å². The maximum atomic E-state index is 13.6. The molecule has 2 aromatic rings. The summed E-state index contributed by atoms with van der Waals surface area (Å²) in [7, 11) is 0. The Kier molecular flexibility index (Phi) is 3.15. The highest BCUT2D eigenvalue weighted by Gasteiger charge is 2.09. The van der Waals surface area contributed by atoms with E-state index in [4.69, 9.17) is 5.73 Å². The van der Waals surface area contributed by atoms with Gasteiger partial charge >= 0.3 is 0 Å². The third-order valence-corrected chi connectivity index (χ3v) is 2.63. The highest BCUT2D eigenvalue weighted by molar-refractivity contribution is 5.79. The Hall–Kier alpha value is -1.48. The number of aryl methyl sites for hydroxylation is 1. The van der Waals surface area contributed by atoms with Crippen LogP contribution in [0.3, 0.4) is 0 Å². The van der Waals surface area contributed by atoms with Crippen LogP contribution in [0.5, 0.6) is 0 Å². The number of halogens is 1. The molecule has 0 bridgehead atoms. The molecule has 2 nitrogen and oxygen atoms in total. The number of aromatic nitrogens is 1. The Balaban J connectivity index is 2.40. The Morgan fingerprint density at radius 2 is 2.12 bits per heavy atom. The molecule has 0 aliphatic rings. The highest BCUT2D eigenvalue weighted by atomic mass is 19.1. The summed E-state index contributed by atoms with van der Waals surface area (Å²) in [4.78, 5) is 4.37. The Morgan fingerprint density at radius 1 is 1.31 bits per heavy atom. The molecule has 2 rings (SSSR count). The van der Waals surface area contributed by atoms with Crippen molar-refractivity contribution in [3.8, 4) is 0 Å². The summed E-state index contributed by atoms with van der Waals surface area (Å²) < 4.78 is 13.6. The van der Waals surface area contributed by atoms with Gasteiger partial charge in [0.05, 0.1) is 5.52 Å². The number of rotatable bonds is 3. The number of hydrogen-bond donors (Lipinski definition) is 1. The number of nitrogens with two attached hydrogens (primary N) is 1. The molecule has 1 atom stereocenters. The van der Waals surface area contributed by atoms with Crippen molar-refractivity contribution in [1.82, 2.24) is 4.98 Å². The molecule has 0 amide bonds. The minimum absolute atomic E-state index is 0.366. The molecule has 2 N–H and O–H groups in total. The predicted octanol–water partition coefficient (Wildman–Crippen LogP) is 2.90. The average molecular weight is 218 g/mol. The summed E-state index contributed by atoms with van der Waals surface area (Å²) in [5.41, 5.74) is 7.91. The van der Waals surface area contributed by atoms with Crippen LogP contribution in [0.15, 0.2) is 30.3 Å². The lowest BCUT2D eigenvalue weighted by Gasteiger charge is -2.08. The van der Waals surface area contributed by atoms with Crippen LogP contribution in [0, 0.1) is 6.92 Å². The molecule has 0 radical (unpaired) electrons. The molecule has 1 aromatic heterocycles. The highest BCUT2D eigenvalue weighted by Crippen LogP contribution is 2.24. The first-order chi connectivity index (χ1) is 7.70. The van der Waals surface area contributed by atoms with Gasteiger partial charge in [-0.3, -0.25) is 4.98 Å². The number of fused-ring (bicyclic) bond motifs is 1. The molecule has 0 spiro atoms. The molecule has 0 saturated heterocycles. The van der Waals surface area contributed by atoms with Crippen LogP contribution in [-0.4, -0.2) is 11.5 Å². The zero-order valence-electron chi connectivity index (χ0n) is 9.28. The van der Waals surface area contributed by atoms with E-state index in [1.54, 1.807) is 6.07 Å². The van der Waals surface area contributed by atoms with Crippen LogP contribution in [-0.2, 0) is 0 Å². The molecule has 84 valence electrons. The van der Waals surface area contributed by atoms with Crippen molar-refractivity contribution in [1.29, 1.82) is 0 Å². The first kappa shape index (κ1) is 11.0. The van der Waals surface area contributed by atoms with Crippen molar-refractivity contribution >= 4 is 10.9 Å². The fraction of sp³-hybridized carbons (Fsp3) is 0.308. The summed E-state index contributed by atoms with van der Waals surface area (Å²) in [6.07, 6.45) is -0.610. The monoisotopic (exact) mass is 218 g/mol. The van der Waals surface area contributed by atoms with Crippen LogP contribution in [0.4, 0.5) is 4.39 Å². The molecular weight excluding hydrogens is 203 g/mol. The maximum Gasteiger partial charge on any atom is 0.126 e. The van der Waals surface area contributed by atoms with Gasteiger partial charge in [0.1, 0.15) is 6.17 Å². The van der Waals surface area contributed by atoms with E-state index in [-0.39, 0.29) is 0 Å². The third kappa shape index (κ3) is 2.19. The summed E-state index contributed by atoms with van der Waals surface area (Å²) in [6, 6.07) is 9.40. The number of pyridine rings is 1. The van der Waals surface area contributed by atoms with E-state index in [9.17, 15) is 4.39 Å². The fourth-order valence-electron chi connectivity index (χ4n) is 1.75. The third-order valence-electron chi connectivity index (χ3n) is 2.63. The second-order valence-corrected chi connectivity index (χ2v) is 3.95. The van der Waals surface area contributed by atoms with E-state index >= 15 is 0 Å². The van der Waals surface area contributed by atoms with E-state index in [0.29, 0.717) is 18.5 Å². The van der Waals surface area contributed by atoms with Crippen LogP contribution >= 0.6 is 0 Å². The van der Waals surface area contributed by atoms with Gasteiger partial charge in [-0.25, -0.2) is 4.39 Å². The van der Waals surface area contributed by atoms with Crippen molar-refractivity contribution in [2.45, 2.75) is 19.5 Å². The normalized spacial score (nSPS) is 12.9. The van der Waals surface area contributed by atoms with E-state index in [0.717, 1.165) is 16.6 Å². The smallest absolute Gasteiger partial charge is 0.126 e. The second kappa shape index (κ2) is 4.58. The molecule has 1 unspecified atom stereocenters. The maximum absolute atomic E-state index is 13.6. The summed E-state index contributed by atoms with van der Waals surface area (Å²) in [5.74, 6) is 0. The van der Waals surface area contributed by atoms with Crippen molar-refractivity contribution in [3.63, 3.8) is 0 Å². The molecule has 1 heterocycles. The minimum Gasteiger partial charge on any atom is -0.330 e. The van der Waals surface area contributed by atoms with Crippen LogP contribution in [0.1, 0.15) is 23.8 Å². The summed E-state index contributed by atoms with van der Waals surface area (Å²) >= 11 is 0. The lowest BCUT2D eigenvalue weighted by atomic mass is 10.0. The van der Waals surface area contributed by atoms with E-state index in [1.807, 2.05) is 31.2 Å². The fourth-order valence-corrected chi connectivity index (χ4v) is 1.75. The van der Waals surface area contributed by atoms with Gasteiger partial charge in [0.2, 0.25) is 0 Å². The average Bonchev–Trinajstić information content (AvgIpc) is 2.28. The van der Waals surface area contributed by atoms with Gasteiger partial charge in [0.25, 0.3) is 0 Å². The molecule has 0 saturated carbocycles. The van der Waals surface area contributed by atoms with E-state index in [1.165, 1.54) is 0 Å². The van der Waals surface area contributed by atoms with Gasteiger partial charge in [-0.2, -0.15) is 0 Å². The van der Waals surface area contributed by atoms with Gasteiger partial charge in [0, 0.05) is 11.1 Å². The zero-order valence-corrected chi connectivity index (χ0v) is 9.28. The quantitative estimate of drug-likeness (QED) is 0.860. The molecule has 0 fully saturated rings. The summed E-state index contributed by atoms with van der Waals surface area (Å²) in [5, 5.41) is 0.975. The lowest BCUT2D eigenvalue weighted by molar-refractivity contribution is 0.328. The van der Waals surface area contributed by atoms with E-state index in [2.05, 4.69) is 4.98 Å². The number of benzene rings is 1. The van der Waals surface area contributed by atoms with Crippen molar-refractivity contribution in [2.24, 2.45) is 5.73 Å². The van der Waals surface area contributed by atoms with Crippen molar-refractivity contribution < 1.29 is 4.39 Å². The molecule has 1 aromatic carbocycles. The Bertz CT molecular complexity index is 496. The first-order valence-electron chi connectivity index (χ1n) is 5.42. The minimum atomic E-state index is -0.976. The molecule has 16 heavy (non-hydrogen) atoms. The Labute approximate surface area is 94.3 Å². The predicted molar refractivity (Wildman–Crippen MR) is 64.0 cm³/mol. The van der Waals surface area contributed by atoms with Crippen LogP contribution in [0.2, 0.25) is 0 Å². The van der Waals surface area contributed by atoms with Gasteiger partial charge < -0.3 is 5.73 Å². The van der Waals surface area contributed by atoms with Crippen LogP contribution < -0.4 is 5.73 Å². The molecular formula is C13H15FN2. The molecule has 3 heteroatoms. The number of alkyl halides is 1. The lowest BCUT2D eigenvalue weighted by Crippen LogP contribution is -2.03. The largest absolute Gasteiger partial charge is 0.330 e. The van der Waals surface area contributed by atoms with Gasteiger partial charge in [0.15, 0.2) is 0 Å². The van der Waals surface area contributed by atoms with Crippen LogP contribution in [0.25, 0.3) is 10.9 Å². The topological polar surface area (TPSA) is 38.9 Å². The Morgan fingerprint density at radius 3 is 2.88 bits per heavy atom. The SMILES string of the molecule is Cc1ccc2cc(C(F)CCN)ccc2n1. The standard InChI is InChI=1S/C13H15FN2/c1-9-2-3-11-8-10(12(14)6-7-15)4-5-13(11)16-9/h2-5,8,12H,6-7,15H2,1H3. The zero-order chi connectivity index (χ0) is 11.5. The van der Waals surface area contributed by atoms with E-state index < -0.39 is 6.17 Å². The molecule has 0 aliphatic heterocycles. The number of nitrogens with zero attached hydrogens (tertiary/aromatic N) is 1. The summed E-state index contributed by atoms with van der Waals surface area (Å²) in [6.45, 7) is 2.31. The van der Waals surface area contributed by atoms with Gasteiger partial charge in [-0.1, -0.05) is 12.1 Å². The van der Waals surface area contributed by atoms with Crippen molar-refractivity contribution in [2.75, 3.05) is 6.54 Å².